The predicted octanol–water partition coefficient (Wildman–Crippen LogP) is 5.47. The van der Waals surface area contributed by atoms with Gasteiger partial charge in [0.15, 0.2) is 0 Å². The summed E-state index contributed by atoms with van der Waals surface area (Å²) in [6, 6.07) is 22.7. The highest BCUT2D eigenvalue weighted by molar-refractivity contribution is 6.24. The molecule has 5 rings (SSSR count). The Labute approximate surface area is 126 Å². The van der Waals surface area contributed by atoms with E-state index in [1.165, 1.54) is 10.8 Å². The summed E-state index contributed by atoms with van der Waals surface area (Å²) in [4.78, 5) is 0. The van der Waals surface area contributed by atoms with E-state index in [9.17, 15) is 0 Å². The molecule has 0 saturated carbocycles. The fraction of sp³-hybridized carbons (Fsp3) is 0. The van der Waals surface area contributed by atoms with Gasteiger partial charge in [-0.3, -0.25) is 0 Å². The molecule has 0 atom stereocenters. The van der Waals surface area contributed by atoms with Gasteiger partial charge in [0.25, 0.3) is 0 Å². The molecule has 4 aromatic carbocycles. The zero-order valence-electron chi connectivity index (χ0n) is 11.8. The molecule has 22 heavy (non-hydrogen) atoms. The molecule has 0 radical (unpaired) electrons. The highest BCUT2D eigenvalue weighted by Crippen LogP contribution is 2.39. The smallest absolute Gasteiger partial charge is 0.143 e. The van der Waals surface area contributed by atoms with E-state index < -0.39 is 0 Å². The van der Waals surface area contributed by atoms with Crippen LogP contribution in [0.5, 0.6) is 0 Å². The highest BCUT2D eigenvalue weighted by Gasteiger charge is 2.14. The normalized spacial score (nSPS) is 11.8. The Hall–Kier alpha value is -3.00. The van der Waals surface area contributed by atoms with E-state index in [-0.39, 0.29) is 0 Å². The van der Waals surface area contributed by atoms with Gasteiger partial charge in [0.2, 0.25) is 0 Å². The monoisotopic (exact) mass is 283 g/mol. The van der Waals surface area contributed by atoms with Gasteiger partial charge in [-0.15, -0.1) is 0 Å². The quantitative estimate of drug-likeness (QED) is 0.382. The van der Waals surface area contributed by atoms with E-state index in [4.69, 9.17) is 10.2 Å². The summed E-state index contributed by atoms with van der Waals surface area (Å²) in [6.07, 6.45) is 0. The lowest BCUT2D eigenvalue weighted by molar-refractivity contribution is 0.673. The van der Waals surface area contributed by atoms with Gasteiger partial charge < -0.3 is 10.2 Å². The van der Waals surface area contributed by atoms with Gasteiger partial charge in [0.05, 0.1) is 0 Å². The molecule has 104 valence electrons. The van der Waals surface area contributed by atoms with Crippen molar-refractivity contribution in [3.05, 3.63) is 66.7 Å². The number of hydrogen-bond donors (Lipinski definition) is 1. The third kappa shape index (κ3) is 1.39. The zero-order valence-corrected chi connectivity index (χ0v) is 11.8. The van der Waals surface area contributed by atoms with Crippen molar-refractivity contribution in [1.29, 1.82) is 0 Å². The lowest BCUT2D eigenvalue weighted by Crippen LogP contribution is -1.86. The first-order valence-electron chi connectivity index (χ1n) is 7.34. The van der Waals surface area contributed by atoms with Crippen LogP contribution in [0.2, 0.25) is 0 Å². The second-order valence-electron chi connectivity index (χ2n) is 5.65. The molecule has 0 aliphatic carbocycles. The van der Waals surface area contributed by atoms with Crippen LogP contribution in [0.15, 0.2) is 71.1 Å². The molecule has 0 spiro atoms. The topological polar surface area (TPSA) is 39.2 Å². The minimum atomic E-state index is 0.790. The molecule has 0 fully saturated rings. The van der Waals surface area contributed by atoms with Gasteiger partial charge in [-0.25, -0.2) is 0 Å². The first kappa shape index (κ1) is 11.6. The second-order valence-corrected chi connectivity index (χ2v) is 5.65. The first-order valence-corrected chi connectivity index (χ1v) is 7.34. The fourth-order valence-corrected chi connectivity index (χ4v) is 3.40. The van der Waals surface area contributed by atoms with Crippen LogP contribution in [-0.2, 0) is 0 Å². The van der Waals surface area contributed by atoms with Gasteiger partial charge in [-0.1, -0.05) is 54.6 Å². The van der Waals surface area contributed by atoms with E-state index >= 15 is 0 Å². The number of hydrogen-bond acceptors (Lipinski definition) is 2. The fourth-order valence-electron chi connectivity index (χ4n) is 3.40. The van der Waals surface area contributed by atoms with Crippen molar-refractivity contribution in [3.8, 4) is 0 Å². The minimum Gasteiger partial charge on any atom is -0.455 e. The number of benzene rings is 4. The van der Waals surface area contributed by atoms with Crippen molar-refractivity contribution in [1.82, 2.24) is 0 Å². The maximum atomic E-state index is 6.27. The number of anilines is 1. The van der Waals surface area contributed by atoms with Gasteiger partial charge in [-0.2, -0.15) is 0 Å². The van der Waals surface area contributed by atoms with Gasteiger partial charge in [-0.05, 0) is 22.9 Å². The predicted molar refractivity (Wildman–Crippen MR) is 93.1 cm³/mol. The molecule has 0 bridgehead atoms. The van der Waals surface area contributed by atoms with Gasteiger partial charge in [0, 0.05) is 27.2 Å². The average molecular weight is 283 g/mol. The molecule has 1 aromatic heterocycles. The molecule has 0 saturated heterocycles. The molecule has 1 heterocycles. The van der Waals surface area contributed by atoms with Gasteiger partial charge in [0.1, 0.15) is 11.2 Å². The standard InChI is InChI=1S/C20H13NO/c21-17-11-16-19-13-6-2-1-5-12(13)9-10-18(19)22-20(16)15-8-4-3-7-14(15)17/h1-11H,21H2. The maximum absolute atomic E-state index is 6.27. The Morgan fingerprint density at radius 1 is 0.682 bits per heavy atom. The van der Waals surface area contributed by atoms with Crippen LogP contribution in [0.4, 0.5) is 5.69 Å². The van der Waals surface area contributed by atoms with Crippen LogP contribution in [0, 0.1) is 0 Å². The third-order valence-corrected chi connectivity index (χ3v) is 4.40. The summed E-state index contributed by atoms with van der Waals surface area (Å²) in [7, 11) is 0. The maximum Gasteiger partial charge on any atom is 0.143 e. The molecule has 2 nitrogen and oxygen atoms in total. The molecular formula is C20H13NO. The van der Waals surface area contributed by atoms with E-state index in [2.05, 4.69) is 36.4 Å². The molecule has 0 aliphatic rings. The number of nitrogen functional groups attached to an aromatic ring is 1. The molecule has 0 aliphatic heterocycles. The van der Waals surface area contributed by atoms with E-state index in [0.29, 0.717) is 0 Å². The molecule has 5 aromatic rings. The molecule has 0 unspecified atom stereocenters. The number of furan rings is 1. The van der Waals surface area contributed by atoms with Crippen LogP contribution in [0.25, 0.3) is 43.5 Å². The van der Waals surface area contributed by atoms with Crippen LogP contribution in [-0.4, -0.2) is 0 Å². The molecular weight excluding hydrogens is 270 g/mol. The number of fused-ring (bicyclic) bond motifs is 7. The first-order chi connectivity index (χ1) is 10.8. The van der Waals surface area contributed by atoms with Gasteiger partial charge >= 0.3 is 0 Å². The summed E-state index contributed by atoms with van der Waals surface area (Å²) < 4.78 is 6.17. The van der Waals surface area contributed by atoms with Crippen molar-refractivity contribution in [2.45, 2.75) is 0 Å². The Morgan fingerprint density at radius 3 is 2.27 bits per heavy atom. The van der Waals surface area contributed by atoms with Crippen LogP contribution < -0.4 is 5.73 Å². The molecule has 0 amide bonds. The summed E-state index contributed by atoms with van der Waals surface area (Å²) in [5.41, 5.74) is 8.89. The Balaban J connectivity index is 2.13. The van der Waals surface area contributed by atoms with Crippen molar-refractivity contribution in [3.63, 3.8) is 0 Å². The average Bonchev–Trinajstić information content (AvgIpc) is 2.94. The Morgan fingerprint density at radius 2 is 1.41 bits per heavy atom. The summed E-state index contributed by atoms with van der Waals surface area (Å²) >= 11 is 0. The van der Waals surface area contributed by atoms with Crippen molar-refractivity contribution < 1.29 is 4.42 Å². The molecule has 2 heteroatoms. The highest BCUT2D eigenvalue weighted by atomic mass is 16.3. The molecule has 2 N–H and O–H groups in total. The van der Waals surface area contributed by atoms with E-state index in [1.54, 1.807) is 0 Å². The summed E-state index contributed by atoms with van der Waals surface area (Å²) in [5, 5.41) is 6.75. The second kappa shape index (κ2) is 4.01. The van der Waals surface area contributed by atoms with Crippen molar-refractivity contribution >= 4 is 49.2 Å². The Bertz CT molecular complexity index is 1180. The lowest BCUT2D eigenvalue weighted by atomic mass is 10.0. The van der Waals surface area contributed by atoms with Crippen LogP contribution in [0.3, 0.4) is 0 Å². The SMILES string of the molecule is Nc1cc2c(oc3ccc4ccccc4c32)c2ccccc12. The number of nitrogens with two attached hydrogens (primary N) is 1. The van der Waals surface area contributed by atoms with Crippen molar-refractivity contribution in [2.24, 2.45) is 0 Å². The van der Waals surface area contributed by atoms with E-state index in [0.717, 1.165) is 38.4 Å². The summed E-state index contributed by atoms with van der Waals surface area (Å²) in [5.74, 6) is 0. The van der Waals surface area contributed by atoms with E-state index in [1.807, 2.05) is 30.3 Å². The third-order valence-electron chi connectivity index (χ3n) is 4.40. The zero-order chi connectivity index (χ0) is 14.7. The lowest BCUT2D eigenvalue weighted by Gasteiger charge is -2.03. The minimum absolute atomic E-state index is 0.790. The Kier molecular flexibility index (Phi) is 2.12. The largest absolute Gasteiger partial charge is 0.455 e. The van der Waals surface area contributed by atoms with Crippen molar-refractivity contribution in [2.75, 3.05) is 5.73 Å². The van der Waals surface area contributed by atoms with Crippen LogP contribution >= 0.6 is 0 Å². The summed E-state index contributed by atoms with van der Waals surface area (Å²) in [6.45, 7) is 0. The van der Waals surface area contributed by atoms with Crippen LogP contribution in [0.1, 0.15) is 0 Å². The number of rotatable bonds is 0.